The van der Waals surface area contributed by atoms with Crippen molar-refractivity contribution >= 4 is 40.2 Å². The summed E-state index contributed by atoms with van der Waals surface area (Å²) in [7, 11) is 2.79. The second kappa shape index (κ2) is 10.9. The van der Waals surface area contributed by atoms with Gasteiger partial charge in [-0.15, -0.1) is 0 Å². The molecule has 36 heavy (non-hydrogen) atoms. The fourth-order valence-corrected chi connectivity index (χ4v) is 3.44. The molecule has 3 aromatic carbocycles. The number of rotatable bonds is 8. The van der Waals surface area contributed by atoms with Crippen LogP contribution in [0.25, 0.3) is 22.7 Å². The van der Waals surface area contributed by atoms with Gasteiger partial charge in [0.15, 0.2) is 18.1 Å². The lowest BCUT2D eigenvalue weighted by Gasteiger charge is -2.12. The largest absolute Gasteiger partial charge is 0.493 e. The molecule has 4 aromatic rings. The summed E-state index contributed by atoms with van der Waals surface area (Å²) >= 11 is 0. The van der Waals surface area contributed by atoms with Gasteiger partial charge in [-0.05, 0) is 60.2 Å². The van der Waals surface area contributed by atoms with E-state index in [1.807, 2.05) is 24.3 Å². The lowest BCUT2D eigenvalue weighted by molar-refractivity contribution is -0.118. The number of benzene rings is 3. The molecule has 1 amide bonds. The summed E-state index contributed by atoms with van der Waals surface area (Å²) in [6.07, 6.45) is 1.69. The zero-order valence-corrected chi connectivity index (χ0v) is 19.6. The van der Waals surface area contributed by atoms with Crippen LogP contribution < -0.4 is 14.8 Å². The molecule has 1 aromatic heterocycles. The minimum Gasteiger partial charge on any atom is -0.493 e. The molecular formula is C27H22N4O5. The second-order valence-electron chi connectivity index (χ2n) is 7.59. The monoisotopic (exact) mass is 482 g/mol. The Kier molecular flexibility index (Phi) is 7.27. The van der Waals surface area contributed by atoms with Crippen LogP contribution in [0, 0.1) is 11.3 Å². The van der Waals surface area contributed by atoms with Crippen molar-refractivity contribution in [3.8, 4) is 17.6 Å². The van der Waals surface area contributed by atoms with Gasteiger partial charge < -0.3 is 24.5 Å². The first-order valence-corrected chi connectivity index (χ1v) is 10.9. The number of nitriles is 1. The van der Waals surface area contributed by atoms with Gasteiger partial charge in [0.25, 0.3) is 5.91 Å². The number of anilines is 1. The number of fused-ring (bicyclic) bond motifs is 1. The number of hydrogen-bond acceptors (Lipinski definition) is 7. The van der Waals surface area contributed by atoms with E-state index < -0.39 is 5.97 Å². The number of aromatic nitrogens is 2. The van der Waals surface area contributed by atoms with Crippen molar-refractivity contribution in [2.24, 2.45) is 0 Å². The number of carbonyl (C=O) groups excluding carboxylic acids is 2. The molecule has 0 saturated heterocycles. The van der Waals surface area contributed by atoms with Crippen LogP contribution >= 0.6 is 0 Å². The number of aromatic amines is 1. The van der Waals surface area contributed by atoms with Gasteiger partial charge >= 0.3 is 5.97 Å². The molecule has 0 radical (unpaired) electrons. The summed E-state index contributed by atoms with van der Waals surface area (Å²) in [4.78, 5) is 31.4. The molecule has 0 aliphatic heterocycles. The Hall–Kier alpha value is -5.10. The number of nitrogens with zero attached hydrogens (tertiary/aromatic N) is 2. The Bertz CT molecular complexity index is 1450. The van der Waals surface area contributed by atoms with Gasteiger partial charge in [0.05, 0.1) is 36.4 Å². The number of esters is 1. The van der Waals surface area contributed by atoms with Gasteiger partial charge in [0, 0.05) is 5.69 Å². The summed E-state index contributed by atoms with van der Waals surface area (Å²) in [5.41, 5.74) is 3.56. The summed E-state index contributed by atoms with van der Waals surface area (Å²) in [6, 6.07) is 21.1. The fourth-order valence-electron chi connectivity index (χ4n) is 3.44. The van der Waals surface area contributed by atoms with Crippen molar-refractivity contribution in [1.29, 1.82) is 5.26 Å². The minimum atomic E-state index is -0.457. The highest BCUT2D eigenvalue weighted by atomic mass is 16.5. The lowest BCUT2D eigenvalue weighted by Crippen LogP contribution is -2.20. The third-order valence-electron chi connectivity index (χ3n) is 5.21. The van der Waals surface area contributed by atoms with Crippen molar-refractivity contribution in [2.75, 3.05) is 26.1 Å². The quantitative estimate of drug-likeness (QED) is 0.281. The molecule has 9 heteroatoms. The van der Waals surface area contributed by atoms with E-state index in [9.17, 15) is 14.9 Å². The second-order valence-corrected chi connectivity index (χ2v) is 7.59. The van der Waals surface area contributed by atoms with Gasteiger partial charge in [-0.25, -0.2) is 9.78 Å². The van der Waals surface area contributed by atoms with Crippen LogP contribution in [0.5, 0.6) is 11.5 Å². The van der Waals surface area contributed by atoms with E-state index in [1.165, 1.54) is 14.2 Å². The molecule has 0 fully saturated rings. The Morgan fingerprint density at radius 2 is 1.83 bits per heavy atom. The van der Waals surface area contributed by atoms with Crippen molar-refractivity contribution < 1.29 is 23.8 Å². The number of nitrogens with one attached hydrogen (secondary N) is 2. The van der Waals surface area contributed by atoms with Crippen molar-refractivity contribution in [1.82, 2.24) is 9.97 Å². The van der Waals surface area contributed by atoms with Gasteiger partial charge in [-0.2, -0.15) is 5.26 Å². The standard InChI is InChI=1S/C27H22N4O5/c1-34-24-14-17(13-19(15-28)26-30-21-5-3-4-6-22(21)31-26)7-12-23(24)36-16-25(32)29-20-10-8-18(9-11-20)27(33)35-2/h3-14H,16H2,1-2H3,(H,29,32)(H,30,31)/b19-13+. The maximum atomic E-state index is 12.3. The van der Waals surface area contributed by atoms with E-state index in [1.54, 1.807) is 48.5 Å². The molecular weight excluding hydrogens is 460 g/mol. The van der Waals surface area contributed by atoms with Gasteiger partial charge in [-0.3, -0.25) is 4.79 Å². The summed E-state index contributed by atoms with van der Waals surface area (Å²) in [5.74, 6) is 0.396. The molecule has 0 spiro atoms. The number of H-pyrrole nitrogens is 1. The van der Waals surface area contributed by atoms with Gasteiger partial charge in [0.1, 0.15) is 11.9 Å². The number of ether oxygens (including phenoxy) is 3. The molecule has 0 atom stereocenters. The number of imidazole rings is 1. The first-order chi connectivity index (χ1) is 17.5. The highest BCUT2D eigenvalue weighted by molar-refractivity contribution is 5.94. The van der Waals surface area contributed by atoms with E-state index in [0.29, 0.717) is 39.7 Å². The Morgan fingerprint density at radius 1 is 1.06 bits per heavy atom. The van der Waals surface area contributed by atoms with Gasteiger partial charge in [0.2, 0.25) is 0 Å². The maximum absolute atomic E-state index is 12.3. The Morgan fingerprint density at radius 3 is 2.53 bits per heavy atom. The number of methoxy groups -OCH3 is 2. The molecule has 180 valence electrons. The van der Waals surface area contributed by atoms with E-state index in [0.717, 1.165) is 11.0 Å². The van der Waals surface area contributed by atoms with Crippen molar-refractivity contribution in [3.63, 3.8) is 0 Å². The smallest absolute Gasteiger partial charge is 0.337 e. The van der Waals surface area contributed by atoms with E-state index in [4.69, 9.17) is 9.47 Å². The number of allylic oxidation sites excluding steroid dienone is 1. The molecule has 2 N–H and O–H groups in total. The van der Waals surface area contributed by atoms with Crippen molar-refractivity contribution in [2.45, 2.75) is 0 Å². The Labute approximate surface area is 206 Å². The molecule has 0 saturated carbocycles. The van der Waals surface area contributed by atoms with Crippen LogP contribution in [-0.2, 0) is 9.53 Å². The first kappa shape index (κ1) is 24.0. The summed E-state index contributed by atoms with van der Waals surface area (Å²) in [6.45, 7) is -0.257. The maximum Gasteiger partial charge on any atom is 0.337 e. The zero-order chi connectivity index (χ0) is 25.5. The third-order valence-corrected chi connectivity index (χ3v) is 5.21. The summed E-state index contributed by atoms with van der Waals surface area (Å²) in [5, 5.41) is 12.4. The van der Waals surface area contributed by atoms with Crippen LogP contribution in [0.2, 0.25) is 0 Å². The third kappa shape index (κ3) is 5.51. The number of amides is 1. The molecule has 0 bridgehead atoms. The van der Waals surface area contributed by atoms with Crippen LogP contribution in [0.15, 0.2) is 66.7 Å². The average Bonchev–Trinajstić information content (AvgIpc) is 3.35. The van der Waals surface area contributed by atoms with Crippen LogP contribution in [-0.4, -0.2) is 42.7 Å². The normalized spacial score (nSPS) is 11.0. The van der Waals surface area contributed by atoms with Crippen LogP contribution in [0.1, 0.15) is 21.7 Å². The number of carbonyl (C=O) groups is 2. The predicted molar refractivity (Wildman–Crippen MR) is 134 cm³/mol. The van der Waals surface area contributed by atoms with Crippen molar-refractivity contribution in [3.05, 3.63) is 83.7 Å². The SMILES string of the molecule is COC(=O)c1ccc(NC(=O)COc2ccc(/C=C(\C#N)c3nc4ccccc4[nH]3)cc2OC)cc1. The molecule has 1 heterocycles. The zero-order valence-electron chi connectivity index (χ0n) is 19.6. The first-order valence-electron chi connectivity index (χ1n) is 10.9. The van der Waals surface area contributed by atoms with Crippen LogP contribution in [0.3, 0.4) is 0 Å². The predicted octanol–water partition coefficient (Wildman–Crippen LogP) is 4.44. The van der Waals surface area contributed by atoms with E-state index in [2.05, 4.69) is 26.1 Å². The topological polar surface area (TPSA) is 126 Å². The average molecular weight is 482 g/mol. The molecule has 0 unspecified atom stereocenters. The molecule has 4 rings (SSSR count). The van der Waals surface area contributed by atoms with E-state index >= 15 is 0 Å². The van der Waals surface area contributed by atoms with Gasteiger partial charge in [-0.1, -0.05) is 18.2 Å². The molecule has 0 aliphatic rings. The van der Waals surface area contributed by atoms with E-state index in [-0.39, 0.29) is 12.5 Å². The molecule has 9 nitrogen and oxygen atoms in total. The molecule has 0 aliphatic carbocycles. The summed E-state index contributed by atoms with van der Waals surface area (Å²) < 4.78 is 15.7. The highest BCUT2D eigenvalue weighted by Gasteiger charge is 2.12. The number of hydrogen-bond donors (Lipinski definition) is 2. The Balaban J connectivity index is 1.43. The number of para-hydroxylation sites is 2. The lowest BCUT2D eigenvalue weighted by atomic mass is 10.1. The minimum absolute atomic E-state index is 0.257. The van der Waals surface area contributed by atoms with Crippen LogP contribution in [0.4, 0.5) is 5.69 Å². The highest BCUT2D eigenvalue weighted by Crippen LogP contribution is 2.30. The fraction of sp³-hybridized carbons (Fsp3) is 0.111.